The average molecular weight is 300 g/mol. The Morgan fingerprint density at radius 1 is 1.29 bits per heavy atom. The molecule has 0 radical (unpaired) electrons. The van der Waals surface area contributed by atoms with Crippen LogP contribution in [0.5, 0.6) is 0 Å². The maximum Gasteiger partial charge on any atom is 0.416 e. The van der Waals surface area contributed by atoms with Crippen LogP contribution < -0.4 is 5.73 Å². The minimum Gasteiger partial charge on any atom is -0.369 e. The summed E-state index contributed by atoms with van der Waals surface area (Å²) < 4.78 is 38.0. The zero-order valence-corrected chi connectivity index (χ0v) is 11.2. The Labute approximate surface area is 119 Å². The first kappa shape index (κ1) is 15.3. The Morgan fingerprint density at radius 2 is 2.00 bits per heavy atom. The van der Waals surface area contributed by atoms with Crippen LogP contribution in [0.25, 0.3) is 0 Å². The molecule has 114 valence electrons. The molecule has 1 fully saturated rings. The molecule has 1 aliphatic heterocycles. The molecule has 1 aromatic carbocycles. The Hall–Kier alpha value is -2.05. The van der Waals surface area contributed by atoms with Crippen molar-refractivity contribution in [3.05, 3.63) is 35.4 Å². The molecule has 4 nitrogen and oxygen atoms in total. The van der Waals surface area contributed by atoms with Gasteiger partial charge in [-0.2, -0.15) is 13.2 Å². The number of piperidine rings is 1. The summed E-state index contributed by atoms with van der Waals surface area (Å²) in [5.74, 6) is -1.43. The quantitative estimate of drug-likeness (QED) is 0.908. The minimum atomic E-state index is -4.49. The molecular formula is C14H15F3N2O2. The number of primary amides is 1. The standard InChI is InChI=1S/C14H15F3N2O2/c15-14(16,17)11-5-1-3-9(7-11)13(21)19-6-2-4-10(8-19)12(18)20/h1,3,5,7,10H,2,4,6,8H2,(H2,18,20). The lowest BCUT2D eigenvalue weighted by Gasteiger charge is -2.31. The number of rotatable bonds is 2. The molecule has 1 saturated heterocycles. The molecular weight excluding hydrogens is 285 g/mol. The molecule has 0 aromatic heterocycles. The first-order chi connectivity index (χ1) is 9.79. The van der Waals surface area contributed by atoms with Crippen LogP contribution in [0, 0.1) is 5.92 Å². The topological polar surface area (TPSA) is 63.4 Å². The summed E-state index contributed by atoms with van der Waals surface area (Å²) >= 11 is 0. The molecule has 2 N–H and O–H groups in total. The van der Waals surface area contributed by atoms with Gasteiger partial charge in [0.15, 0.2) is 0 Å². The molecule has 2 amide bonds. The van der Waals surface area contributed by atoms with E-state index in [9.17, 15) is 22.8 Å². The van der Waals surface area contributed by atoms with Crippen molar-refractivity contribution in [2.75, 3.05) is 13.1 Å². The van der Waals surface area contributed by atoms with E-state index in [2.05, 4.69) is 0 Å². The number of nitrogens with two attached hydrogens (primary N) is 1. The van der Waals surface area contributed by atoms with Gasteiger partial charge in [-0.25, -0.2) is 0 Å². The molecule has 1 aromatic rings. The van der Waals surface area contributed by atoms with Crippen molar-refractivity contribution in [2.45, 2.75) is 19.0 Å². The maximum absolute atomic E-state index is 12.7. The third-order valence-corrected chi connectivity index (χ3v) is 3.55. The second kappa shape index (κ2) is 5.75. The highest BCUT2D eigenvalue weighted by atomic mass is 19.4. The van der Waals surface area contributed by atoms with Crippen LogP contribution in [-0.2, 0) is 11.0 Å². The van der Waals surface area contributed by atoms with Crippen molar-refractivity contribution in [3.8, 4) is 0 Å². The number of carbonyl (C=O) groups is 2. The van der Waals surface area contributed by atoms with E-state index in [4.69, 9.17) is 5.73 Å². The zero-order valence-electron chi connectivity index (χ0n) is 11.2. The summed E-state index contributed by atoms with van der Waals surface area (Å²) in [7, 11) is 0. The molecule has 1 unspecified atom stereocenters. The Bertz CT molecular complexity index is 557. The van der Waals surface area contributed by atoms with Crippen molar-refractivity contribution < 1.29 is 22.8 Å². The van der Waals surface area contributed by atoms with E-state index in [-0.39, 0.29) is 12.1 Å². The number of benzene rings is 1. The van der Waals surface area contributed by atoms with Crippen molar-refractivity contribution >= 4 is 11.8 Å². The fourth-order valence-corrected chi connectivity index (χ4v) is 2.40. The van der Waals surface area contributed by atoms with Crippen LogP contribution in [0.1, 0.15) is 28.8 Å². The van der Waals surface area contributed by atoms with Gasteiger partial charge in [0, 0.05) is 18.7 Å². The van der Waals surface area contributed by atoms with Crippen molar-refractivity contribution in [2.24, 2.45) is 11.7 Å². The van der Waals surface area contributed by atoms with Gasteiger partial charge >= 0.3 is 6.18 Å². The molecule has 1 heterocycles. The number of likely N-dealkylation sites (tertiary alicyclic amines) is 1. The van der Waals surface area contributed by atoms with Gasteiger partial charge in [0.05, 0.1) is 11.5 Å². The Balaban J connectivity index is 2.18. The van der Waals surface area contributed by atoms with Crippen LogP contribution in [0.4, 0.5) is 13.2 Å². The highest BCUT2D eigenvalue weighted by Gasteiger charge is 2.32. The molecule has 0 spiro atoms. The number of halogens is 3. The third kappa shape index (κ3) is 3.53. The fraction of sp³-hybridized carbons (Fsp3) is 0.429. The smallest absolute Gasteiger partial charge is 0.369 e. The van der Waals surface area contributed by atoms with Gasteiger partial charge in [0.1, 0.15) is 0 Å². The summed E-state index contributed by atoms with van der Waals surface area (Å²) in [5, 5.41) is 0. The highest BCUT2D eigenvalue weighted by Crippen LogP contribution is 2.30. The van der Waals surface area contributed by atoms with Gasteiger partial charge in [-0.1, -0.05) is 6.07 Å². The largest absolute Gasteiger partial charge is 0.416 e. The van der Waals surface area contributed by atoms with Crippen LogP contribution in [0.2, 0.25) is 0 Å². The first-order valence-electron chi connectivity index (χ1n) is 6.55. The first-order valence-corrected chi connectivity index (χ1v) is 6.55. The summed E-state index contributed by atoms with van der Waals surface area (Å²) in [6, 6.07) is 4.28. The van der Waals surface area contributed by atoms with Gasteiger partial charge in [0.25, 0.3) is 5.91 Å². The van der Waals surface area contributed by atoms with E-state index in [1.54, 1.807) is 0 Å². The van der Waals surface area contributed by atoms with Crippen LogP contribution >= 0.6 is 0 Å². The predicted molar refractivity (Wildman–Crippen MR) is 69.3 cm³/mol. The van der Waals surface area contributed by atoms with Gasteiger partial charge in [-0.3, -0.25) is 9.59 Å². The summed E-state index contributed by atoms with van der Waals surface area (Å²) in [5.41, 5.74) is 4.33. The number of hydrogen-bond acceptors (Lipinski definition) is 2. The number of carbonyl (C=O) groups excluding carboxylic acids is 2. The minimum absolute atomic E-state index is 0.0325. The van der Waals surface area contributed by atoms with Crippen LogP contribution in [-0.4, -0.2) is 29.8 Å². The molecule has 0 saturated carbocycles. The van der Waals surface area contributed by atoms with E-state index in [1.165, 1.54) is 17.0 Å². The molecule has 2 rings (SSSR count). The summed E-state index contributed by atoms with van der Waals surface area (Å²) in [6.45, 7) is 0.573. The number of amides is 2. The SMILES string of the molecule is NC(=O)C1CCCN(C(=O)c2cccc(C(F)(F)F)c2)C1. The lowest BCUT2D eigenvalue weighted by Crippen LogP contribution is -2.44. The predicted octanol–water partition coefficient (Wildman–Crippen LogP) is 2.04. The molecule has 1 atom stereocenters. The lowest BCUT2D eigenvalue weighted by atomic mass is 9.96. The van der Waals surface area contributed by atoms with E-state index < -0.39 is 29.5 Å². The fourth-order valence-electron chi connectivity index (χ4n) is 2.40. The maximum atomic E-state index is 12.7. The summed E-state index contributed by atoms with van der Waals surface area (Å²) in [4.78, 5) is 24.8. The normalized spacial score (nSPS) is 19.4. The van der Waals surface area contributed by atoms with E-state index in [0.717, 1.165) is 12.1 Å². The van der Waals surface area contributed by atoms with Gasteiger partial charge in [-0.15, -0.1) is 0 Å². The van der Waals surface area contributed by atoms with E-state index >= 15 is 0 Å². The average Bonchev–Trinajstić information content (AvgIpc) is 2.46. The van der Waals surface area contributed by atoms with E-state index in [1.807, 2.05) is 0 Å². The van der Waals surface area contributed by atoms with E-state index in [0.29, 0.717) is 19.4 Å². The van der Waals surface area contributed by atoms with Crippen LogP contribution in [0.3, 0.4) is 0 Å². The van der Waals surface area contributed by atoms with Crippen LogP contribution in [0.15, 0.2) is 24.3 Å². The molecule has 1 aliphatic rings. The van der Waals surface area contributed by atoms with Crippen molar-refractivity contribution in [1.82, 2.24) is 4.90 Å². The number of nitrogens with zero attached hydrogens (tertiary/aromatic N) is 1. The molecule has 7 heteroatoms. The third-order valence-electron chi connectivity index (χ3n) is 3.55. The lowest BCUT2D eigenvalue weighted by molar-refractivity contribution is -0.137. The van der Waals surface area contributed by atoms with Gasteiger partial charge in [-0.05, 0) is 31.0 Å². The molecule has 0 aliphatic carbocycles. The van der Waals surface area contributed by atoms with Crippen molar-refractivity contribution in [3.63, 3.8) is 0 Å². The second-order valence-electron chi connectivity index (χ2n) is 5.07. The number of alkyl halides is 3. The Morgan fingerprint density at radius 3 is 2.62 bits per heavy atom. The number of hydrogen-bond donors (Lipinski definition) is 1. The highest BCUT2D eigenvalue weighted by molar-refractivity contribution is 5.95. The summed E-state index contributed by atoms with van der Waals surface area (Å²) in [6.07, 6.45) is -3.28. The van der Waals surface area contributed by atoms with Gasteiger partial charge in [0.2, 0.25) is 5.91 Å². The van der Waals surface area contributed by atoms with Gasteiger partial charge < -0.3 is 10.6 Å². The van der Waals surface area contributed by atoms with Crippen molar-refractivity contribution in [1.29, 1.82) is 0 Å². The second-order valence-corrected chi connectivity index (χ2v) is 5.07. The Kier molecular flexibility index (Phi) is 4.20. The molecule has 0 bridgehead atoms. The monoisotopic (exact) mass is 300 g/mol. The molecule has 21 heavy (non-hydrogen) atoms. The zero-order chi connectivity index (χ0) is 15.6.